The van der Waals surface area contributed by atoms with Crippen LogP contribution in [0.3, 0.4) is 0 Å². The number of carbonyl (C=O) groups is 2. The van der Waals surface area contributed by atoms with Crippen molar-refractivity contribution < 1.29 is 14.7 Å². The van der Waals surface area contributed by atoms with Gasteiger partial charge in [0, 0.05) is 6.42 Å². The molecular formula is C32H62O3. The Hall–Kier alpha value is -0.860. The number of carboxylic acids is 1. The van der Waals surface area contributed by atoms with Gasteiger partial charge in [-0.1, -0.05) is 162 Å². The van der Waals surface area contributed by atoms with Crippen LogP contribution in [0.2, 0.25) is 0 Å². The lowest BCUT2D eigenvalue weighted by Crippen LogP contribution is -2.23. The number of unbranched alkanes of at least 4 members (excludes halogenated alkanes) is 20. The summed E-state index contributed by atoms with van der Waals surface area (Å²) in [6.45, 7) is 6.87. The molecule has 0 spiro atoms. The molecule has 3 heteroatoms. The highest BCUT2D eigenvalue weighted by Crippen LogP contribution is 2.18. The maximum atomic E-state index is 12.4. The van der Waals surface area contributed by atoms with E-state index in [4.69, 9.17) is 0 Å². The van der Waals surface area contributed by atoms with Gasteiger partial charge in [0.1, 0.15) is 11.7 Å². The van der Waals surface area contributed by atoms with Crippen LogP contribution < -0.4 is 0 Å². The van der Waals surface area contributed by atoms with Gasteiger partial charge < -0.3 is 5.11 Å². The summed E-state index contributed by atoms with van der Waals surface area (Å²) < 4.78 is 0. The topological polar surface area (TPSA) is 54.4 Å². The maximum absolute atomic E-state index is 12.4. The van der Waals surface area contributed by atoms with Crippen LogP contribution in [0.4, 0.5) is 0 Å². The highest BCUT2D eigenvalue weighted by Gasteiger charge is 2.24. The van der Waals surface area contributed by atoms with E-state index in [1.165, 1.54) is 122 Å². The molecule has 0 aliphatic heterocycles. The third kappa shape index (κ3) is 24.6. The molecule has 0 rings (SSSR count). The second-order valence-corrected chi connectivity index (χ2v) is 11.5. The molecule has 0 aromatic heterocycles. The summed E-state index contributed by atoms with van der Waals surface area (Å²) in [5, 5.41) is 9.49. The first-order chi connectivity index (χ1) is 17.0. The predicted molar refractivity (Wildman–Crippen MR) is 152 cm³/mol. The molecule has 0 radical (unpaired) electrons. The minimum absolute atomic E-state index is 0.0400. The Bertz CT molecular complexity index is 471. The van der Waals surface area contributed by atoms with Gasteiger partial charge in [0.2, 0.25) is 0 Å². The Kier molecular flexibility index (Phi) is 25.6. The van der Waals surface area contributed by atoms with Gasteiger partial charge in [-0.25, -0.2) is 0 Å². The second-order valence-electron chi connectivity index (χ2n) is 11.5. The summed E-state index contributed by atoms with van der Waals surface area (Å²) in [6, 6.07) is 0. The van der Waals surface area contributed by atoms with Crippen LogP contribution in [0.5, 0.6) is 0 Å². The molecule has 1 unspecified atom stereocenters. The fourth-order valence-corrected chi connectivity index (χ4v) is 5.05. The number of carbonyl (C=O) groups excluding carboxylic acids is 1. The molecule has 0 aromatic carbocycles. The Morgan fingerprint density at radius 1 is 0.514 bits per heavy atom. The van der Waals surface area contributed by atoms with Crippen molar-refractivity contribution in [3.8, 4) is 0 Å². The zero-order valence-electron chi connectivity index (χ0n) is 24.1. The molecule has 0 bridgehead atoms. The molecule has 0 amide bonds. The monoisotopic (exact) mass is 494 g/mol. The van der Waals surface area contributed by atoms with Gasteiger partial charge in [0.25, 0.3) is 0 Å². The molecule has 0 aliphatic carbocycles. The lowest BCUT2D eigenvalue weighted by atomic mass is 9.93. The zero-order valence-corrected chi connectivity index (χ0v) is 24.1. The molecule has 3 nitrogen and oxygen atoms in total. The van der Waals surface area contributed by atoms with E-state index < -0.39 is 11.9 Å². The lowest BCUT2D eigenvalue weighted by molar-refractivity contribution is -0.146. The number of Topliss-reactive ketones (excluding diaryl/α,β-unsaturated/α-hetero) is 1. The van der Waals surface area contributed by atoms with Crippen molar-refractivity contribution >= 4 is 11.8 Å². The van der Waals surface area contributed by atoms with E-state index in [-0.39, 0.29) is 5.78 Å². The van der Waals surface area contributed by atoms with Gasteiger partial charge in [-0.2, -0.15) is 0 Å². The SMILES string of the molecule is CCCCCCCCCCCCC(C(=O)O)C(=O)CCCCCCCCCCCCCCC(C)C. The number of carboxylic acid groups (broad SMARTS) is 1. The average Bonchev–Trinajstić information content (AvgIpc) is 2.82. The fourth-order valence-electron chi connectivity index (χ4n) is 5.05. The minimum atomic E-state index is -0.911. The molecule has 0 fully saturated rings. The third-order valence-electron chi connectivity index (χ3n) is 7.49. The van der Waals surface area contributed by atoms with Crippen molar-refractivity contribution in [1.29, 1.82) is 0 Å². The van der Waals surface area contributed by atoms with E-state index >= 15 is 0 Å². The first-order valence-electron chi connectivity index (χ1n) is 15.7. The van der Waals surface area contributed by atoms with E-state index in [9.17, 15) is 14.7 Å². The van der Waals surface area contributed by atoms with Gasteiger partial charge in [-0.3, -0.25) is 9.59 Å². The van der Waals surface area contributed by atoms with Crippen LogP contribution in [0.1, 0.15) is 181 Å². The van der Waals surface area contributed by atoms with Crippen LogP contribution in [-0.4, -0.2) is 16.9 Å². The number of rotatable bonds is 28. The van der Waals surface area contributed by atoms with E-state index in [1.807, 2.05) is 0 Å². The Labute approximate surface area is 219 Å². The largest absolute Gasteiger partial charge is 0.481 e. The molecule has 208 valence electrons. The van der Waals surface area contributed by atoms with Crippen molar-refractivity contribution in [2.24, 2.45) is 11.8 Å². The van der Waals surface area contributed by atoms with E-state index in [2.05, 4.69) is 20.8 Å². The first kappa shape index (κ1) is 34.1. The van der Waals surface area contributed by atoms with Gasteiger partial charge in [-0.05, 0) is 18.8 Å². The molecule has 0 heterocycles. The van der Waals surface area contributed by atoms with Gasteiger partial charge in [-0.15, -0.1) is 0 Å². The Morgan fingerprint density at radius 3 is 1.23 bits per heavy atom. The van der Waals surface area contributed by atoms with Crippen LogP contribution >= 0.6 is 0 Å². The van der Waals surface area contributed by atoms with Crippen LogP contribution in [0, 0.1) is 11.8 Å². The van der Waals surface area contributed by atoms with Gasteiger partial charge in [0.05, 0.1) is 0 Å². The first-order valence-corrected chi connectivity index (χ1v) is 15.7. The number of hydrogen-bond acceptors (Lipinski definition) is 2. The summed E-state index contributed by atoms with van der Waals surface area (Å²) in [6.07, 6.45) is 30.0. The standard InChI is InChI=1S/C32H62O3/c1-4-5-6-7-8-9-15-18-21-24-27-30(32(34)35)31(33)28-25-22-19-16-13-11-10-12-14-17-20-23-26-29(2)3/h29-30H,4-28H2,1-3H3,(H,34,35). The van der Waals surface area contributed by atoms with Crippen LogP contribution in [0.15, 0.2) is 0 Å². The molecule has 0 saturated carbocycles. The van der Waals surface area contributed by atoms with Crippen LogP contribution in [0.25, 0.3) is 0 Å². The number of aliphatic carboxylic acids is 1. The van der Waals surface area contributed by atoms with Gasteiger partial charge >= 0.3 is 5.97 Å². The Morgan fingerprint density at radius 2 is 0.857 bits per heavy atom. The zero-order chi connectivity index (χ0) is 26.0. The Balaban J connectivity index is 3.57. The average molecular weight is 495 g/mol. The molecule has 1 N–H and O–H groups in total. The minimum Gasteiger partial charge on any atom is -0.481 e. The van der Waals surface area contributed by atoms with Crippen LogP contribution in [-0.2, 0) is 9.59 Å². The summed E-state index contributed by atoms with van der Waals surface area (Å²) in [4.78, 5) is 24.0. The highest BCUT2D eigenvalue weighted by molar-refractivity contribution is 5.98. The summed E-state index contributed by atoms with van der Waals surface area (Å²) in [5.74, 6) is -0.872. The van der Waals surface area contributed by atoms with Crippen molar-refractivity contribution in [1.82, 2.24) is 0 Å². The smallest absolute Gasteiger partial charge is 0.314 e. The van der Waals surface area contributed by atoms with Crippen molar-refractivity contribution in [3.63, 3.8) is 0 Å². The summed E-state index contributed by atoms with van der Waals surface area (Å²) in [7, 11) is 0. The molecular weight excluding hydrogens is 432 g/mol. The van der Waals surface area contributed by atoms with Gasteiger partial charge in [0.15, 0.2) is 0 Å². The molecule has 0 aromatic rings. The second kappa shape index (κ2) is 26.2. The number of ketones is 1. The fraction of sp³-hybridized carbons (Fsp3) is 0.938. The predicted octanol–water partition coefficient (Wildman–Crippen LogP) is 10.7. The number of hydrogen-bond donors (Lipinski definition) is 1. The maximum Gasteiger partial charge on any atom is 0.314 e. The van der Waals surface area contributed by atoms with Crippen molar-refractivity contribution in [2.75, 3.05) is 0 Å². The van der Waals surface area contributed by atoms with Crippen molar-refractivity contribution in [2.45, 2.75) is 181 Å². The summed E-state index contributed by atoms with van der Waals surface area (Å²) in [5.41, 5.74) is 0. The van der Waals surface area contributed by atoms with Crippen molar-refractivity contribution in [3.05, 3.63) is 0 Å². The van der Waals surface area contributed by atoms with E-state index in [0.29, 0.717) is 12.8 Å². The lowest BCUT2D eigenvalue weighted by Gasteiger charge is -2.11. The molecule has 0 saturated heterocycles. The third-order valence-corrected chi connectivity index (χ3v) is 7.49. The van der Waals surface area contributed by atoms with E-state index in [1.54, 1.807) is 0 Å². The molecule has 1 atom stereocenters. The quantitative estimate of drug-likeness (QED) is 0.0869. The summed E-state index contributed by atoms with van der Waals surface area (Å²) >= 11 is 0. The normalized spacial score (nSPS) is 12.3. The molecule has 35 heavy (non-hydrogen) atoms. The van der Waals surface area contributed by atoms with E-state index in [0.717, 1.165) is 31.6 Å². The molecule has 0 aliphatic rings. The highest BCUT2D eigenvalue weighted by atomic mass is 16.4.